The number of anilines is 1. The molecule has 1 heterocycles. The van der Waals surface area contributed by atoms with Crippen LogP contribution < -0.4 is 4.90 Å². The maximum atomic E-state index is 12.2. The van der Waals surface area contributed by atoms with Crippen molar-refractivity contribution in [2.45, 2.75) is 31.8 Å². The molecule has 2 aliphatic rings. The quantitative estimate of drug-likeness (QED) is 0.801. The van der Waals surface area contributed by atoms with Gasteiger partial charge in [-0.05, 0) is 43.5 Å². The fourth-order valence-corrected chi connectivity index (χ4v) is 3.00. The Hall–Kier alpha value is -2.55. The molecule has 2 fully saturated rings. The van der Waals surface area contributed by atoms with Crippen LogP contribution in [0.2, 0.25) is 0 Å². The van der Waals surface area contributed by atoms with E-state index in [4.69, 9.17) is 14.7 Å². The third-order valence-electron chi connectivity index (χ3n) is 4.30. The van der Waals surface area contributed by atoms with E-state index in [-0.39, 0.29) is 18.1 Å². The highest BCUT2D eigenvalue weighted by molar-refractivity contribution is 5.92. The van der Waals surface area contributed by atoms with E-state index in [0.717, 1.165) is 25.7 Å². The first kappa shape index (κ1) is 15.3. The Labute approximate surface area is 134 Å². The zero-order chi connectivity index (χ0) is 16.2. The normalized spacial score (nSPS) is 24.0. The number of cyclic esters (lactones) is 1. The fraction of sp³-hybridized carbons (Fsp3) is 0.471. The zero-order valence-corrected chi connectivity index (χ0v) is 12.7. The van der Waals surface area contributed by atoms with Crippen LogP contribution in [0.3, 0.4) is 0 Å². The van der Waals surface area contributed by atoms with Crippen LogP contribution in [0.15, 0.2) is 24.3 Å². The van der Waals surface area contributed by atoms with Gasteiger partial charge in [-0.1, -0.05) is 6.42 Å². The van der Waals surface area contributed by atoms with Gasteiger partial charge in [0.15, 0.2) is 0 Å². The van der Waals surface area contributed by atoms with Gasteiger partial charge in [-0.2, -0.15) is 5.26 Å². The molecular weight excluding hydrogens is 296 g/mol. The lowest BCUT2D eigenvalue weighted by Crippen LogP contribution is -2.29. The number of nitriles is 1. The second kappa shape index (κ2) is 6.69. The predicted octanol–water partition coefficient (Wildman–Crippen LogP) is 2.88. The summed E-state index contributed by atoms with van der Waals surface area (Å²) in [5.74, 6) is -0.640. The van der Waals surface area contributed by atoms with Crippen LogP contribution in [0, 0.1) is 17.2 Å². The highest BCUT2D eigenvalue weighted by Crippen LogP contribution is 2.27. The predicted molar refractivity (Wildman–Crippen MR) is 81.9 cm³/mol. The van der Waals surface area contributed by atoms with Gasteiger partial charge in [0.2, 0.25) is 0 Å². The number of hydrogen-bond acceptors (Lipinski definition) is 5. The molecule has 1 amide bonds. The first-order chi connectivity index (χ1) is 11.2. The van der Waals surface area contributed by atoms with Crippen LogP contribution in [0.4, 0.5) is 10.5 Å². The van der Waals surface area contributed by atoms with Gasteiger partial charge in [0.25, 0.3) is 0 Å². The molecule has 0 aromatic heterocycles. The lowest BCUT2D eigenvalue weighted by Gasteiger charge is -2.26. The van der Waals surface area contributed by atoms with Crippen molar-refractivity contribution in [1.82, 2.24) is 0 Å². The molecule has 0 bridgehead atoms. The van der Waals surface area contributed by atoms with Crippen molar-refractivity contribution in [3.8, 4) is 6.07 Å². The Bertz CT molecular complexity index is 635. The Morgan fingerprint density at radius 1 is 1.26 bits per heavy atom. The topological polar surface area (TPSA) is 79.6 Å². The molecule has 120 valence electrons. The van der Waals surface area contributed by atoms with Gasteiger partial charge in [0, 0.05) is 5.69 Å². The minimum Gasteiger partial charge on any atom is -0.457 e. The number of benzene rings is 1. The third kappa shape index (κ3) is 3.29. The largest absolute Gasteiger partial charge is 0.457 e. The molecule has 0 radical (unpaired) electrons. The average Bonchev–Trinajstić information content (AvgIpc) is 3.01. The summed E-state index contributed by atoms with van der Waals surface area (Å²) in [4.78, 5) is 25.3. The van der Waals surface area contributed by atoms with Crippen molar-refractivity contribution in [1.29, 1.82) is 5.26 Å². The maximum absolute atomic E-state index is 12.2. The van der Waals surface area contributed by atoms with Crippen molar-refractivity contribution < 1.29 is 19.1 Å². The monoisotopic (exact) mass is 314 g/mol. The van der Waals surface area contributed by atoms with Gasteiger partial charge in [0.1, 0.15) is 12.7 Å². The molecule has 1 aliphatic heterocycles. The molecule has 2 atom stereocenters. The second-order valence-electron chi connectivity index (χ2n) is 5.78. The molecule has 23 heavy (non-hydrogen) atoms. The van der Waals surface area contributed by atoms with Crippen molar-refractivity contribution in [3.05, 3.63) is 29.8 Å². The summed E-state index contributed by atoms with van der Waals surface area (Å²) in [6, 6.07) is 8.89. The van der Waals surface area contributed by atoms with Crippen molar-refractivity contribution in [2.75, 3.05) is 18.1 Å². The minimum absolute atomic E-state index is 0.216. The summed E-state index contributed by atoms with van der Waals surface area (Å²) in [5, 5.41) is 9.14. The van der Waals surface area contributed by atoms with Crippen LogP contribution in [-0.4, -0.2) is 31.3 Å². The number of nitrogens with zero attached hydrogens (tertiary/aromatic N) is 2. The van der Waals surface area contributed by atoms with E-state index in [1.807, 2.05) is 0 Å². The minimum atomic E-state index is -0.423. The molecule has 1 saturated heterocycles. The first-order valence-corrected chi connectivity index (χ1v) is 7.84. The molecule has 0 spiro atoms. The Morgan fingerprint density at radius 3 is 2.65 bits per heavy atom. The van der Waals surface area contributed by atoms with Gasteiger partial charge >= 0.3 is 12.1 Å². The molecule has 1 aliphatic carbocycles. The number of ether oxygens (including phenoxy) is 2. The molecule has 1 aromatic rings. The smallest absolute Gasteiger partial charge is 0.414 e. The summed E-state index contributed by atoms with van der Waals surface area (Å²) in [6.45, 7) is 0.883. The van der Waals surface area contributed by atoms with Crippen molar-refractivity contribution >= 4 is 17.7 Å². The van der Waals surface area contributed by atoms with Crippen LogP contribution in [0.1, 0.15) is 36.0 Å². The van der Waals surface area contributed by atoms with Gasteiger partial charge in [-0.25, -0.2) is 9.59 Å². The number of carbonyl (C=O) groups excluding carboxylic acids is 2. The van der Waals surface area contributed by atoms with Crippen LogP contribution >= 0.6 is 0 Å². The summed E-state index contributed by atoms with van der Waals surface area (Å²) in [6.07, 6.45) is 2.81. The molecule has 6 nitrogen and oxygen atoms in total. The Balaban J connectivity index is 1.66. The third-order valence-corrected chi connectivity index (χ3v) is 4.30. The van der Waals surface area contributed by atoms with Gasteiger partial charge in [-0.3, -0.25) is 4.90 Å². The van der Waals surface area contributed by atoms with E-state index >= 15 is 0 Å². The van der Waals surface area contributed by atoms with Crippen LogP contribution in [-0.2, 0) is 9.47 Å². The van der Waals surface area contributed by atoms with Crippen LogP contribution in [0.5, 0.6) is 0 Å². The number of rotatable bonds is 3. The Morgan fingerprint density at radius 2 is 2.00 bits per heavy atom. The Kier molecular flexibility index (Phi) is 4.47. The number of carbonyl (C=O) groups is 2. The van der Waals surface area contributed by atoms with E-state index in [2.05, 4.69) is 6.07 Å². The van der Waals surface area contributed by atoms with E-state index in [0.29, 0.717) is 24.4 Å². The van der Waals surface area contributed by atoms with Gasteiger partial charge in [-0.15, -0.1) is 0 Å². The van der Waals surface area contributed by atoms with Crippen LogP contribution in [0.25, 0.3) is 0 Å². The lowest BCUT2D eigenvalue weighted by molar-refractivity contribution is 0.0107. The number of esters is 1. The highest BCUT2D eigenvalue weighted by Gasteiger charge is 2.29. The van der Waals surface area contributed by atoms with Gasteiger partial charge < -0.3 is 9.47 Å². The molecule has 1 aromatic carbocycles. The molecule has 6 heteroatoms. The van der Waals surface area contributed by atoms with Crippen molar-refractivity contribution in [3.63, 3.8) is 0 Å². The summed E-state index contributed by atoms with van der Waals surface area (Å²) < 4.78 is 10.4. The second-order valence-corrected chi connectivity index (χ2v) is 5.78. The summed E-state index contributed by atoms with van der Waals surface area (Å²) in [7, 11) is 0. The highest BCUT2D eigenvalue weighted by atomic mass is 16.6. The zero-order valence-electron chi connectivity index (χ0n) is 12.7. The van der Waals surface area contributed by atoms with E-state index < -0.39 is 5.97 Å². The van der Waals surface area contributed by atoms with E-state index in [1.54, 1.807) is 24.3 Å². The summed E-state index contributed by atoms with van der Waals surface area (Å²) in [5.41, 5.74) is 1.11. The van der Waals surface area contributed by atoms with Crippen molar-refractivity contribution in [2.24, 2.45) is 5.92 Å². The SMILES string of the molecule is N#C[C@@H]1CCCC[C@H]1OC(=O)c1ccc(N2CCOC2=O)cc1. The number of hydrogen-bond donors (Lipinski definition) is 0. The molecular formula is C17H18N2O4. The first-order valence-electron chi connectivity index (χ1n) is 7.84. The lowest BCUT2D eigenvalue weighted by atomic mass is 9.87. The molecule has 0 N–H and O–H groups in total. The maximum Gasteiger partial charge on any atom is 0.414 e. The summed E-state index contributed by atoms with van der Waals surface area (Å²) >= 11 is 0. The standard InChI is InChI=1S/C17H18N2O4/c18-11-13-3-1-2-4-15(13)23-16(20)12-5-7-14(8-6-12)19-9-10-22-17(19)21/h5-8,13,15H,1-4,9-10H2/t13-,15+/m0/s1. The van der Waals surface area contributed by atoms with E-state index in [1.165, 1.54) is 4.90 Å². The van der Waals surface area contributed by atoms with E-state index in [9.17, 15) is 9.59 Å². The molecule has 1 saturated carbocycles. The number of amides is 1. The molecule has 3 rings (SSSR count). The average molecular weight is 314 g/mol. The fourth-order valence-electron chi connectivity index (χ4n) is 3.00. The molecule has 0 unspecified atom stereocenters. The van der Waals surface area contributed by atoms with Gasteiger partial charge in [0.05, 0.1) is 24.1 Å².